The summed E-state index contributed by atoms with van der Waals surface area (Å²) in [6.07, 6.45) is 0.819. The van der Waals surface area contributed by atoms with E-state index in [1.807, 2.05) is 24.3 Å². The molecule has 7 nitrogen and oxygen atoms in total. The minimum absolute atomic E-state index is 0. The number of benzene rings is 2. The van der Waals surface area contributed by atoms with Crippen LogP contribution < -0.4 is 10.1 Å². The third-order valence-corrected chi connectivity index (χ3v) is 5.62. The molecule has 33 heavy (non-hydrogen) atoms. The number of hydrogen-bond acceptors (Lipinski definition) is 4. The summed E-state index contributed by atoms with van der Waals surface area (Å²) in [6.45, 7) is 4.97. The first-order valence-corrected chi connectivity index (χ1v) is 11.0. The zero-order valence-electron chi connectivity index (χ0n) is 19.9. The number of hydrogen-bond donors (Lipinski definition) is 1. The van der Waals surface area contributed by atoms with Gasteiger partial charge < -0.3 is 24.6 Å². The van der Waals surface area contributed by atoms with Gasteiger partial charge in [0.1, 0.15) is 18.4 Å². The van der Waals surface area contributed by atoms with Crippen molar-refractivity contribution in [3.05, 3.63) is 65.2 Å². The van der Waals surface area contributed by atoms with E-state index in [-0.39, 0.29) is 42.5 Å². The third-order valence-electron chi connectivity index (χ3n) is 5.62. The van der Waals surface area contributed by atoms with Gasteiger partial charge in [0.05, 0.1) is 20.3 Å². The van der Waals surface area contributed by atoms with Crippen LogP contribution >= 0.6 is 24.0 Å². The van der Waals surface area contributed by atoms with Gasteiger partial charge in [-0.25, -0.2) is 4.99 Å². The SMILES string of the molecule is COc1ccc(CCNC(=NCC(=O)N(C)C)N2CCOC(c3ccccc3C)C2)cc1.I. The van der Waals surface area contributed by atoms with Crippen LogP contribution in [0.25, 0.3) is 0 Å². The Morgan fingerprint density at radius 1 is 1.21 bits per heavy atom. The molecule has 1 saturated heterocycles. The molecule has 180 valence electrons. The van der Waals surface area contributed by atoms with E-state index in [2.05, 4.69) is 46.4 Å². The smallest absolute Gasteiger partial charge is 0.243 e. The first-order valence-electron chi connectivity index (χ1n) is 11.0. The summed E-state index contributed by atoms with van der Waals surface area (Å²) in [4.78, 5) is 20.6. The van der Waals surface area contributed by atoms with Gasteiger partial charge in [0.15, 0.2) is 5.96 Å². The first kappa shape index (κ1) is 26.9. The topological polar surface area (TPSA) is 66.4 Å². The molecule has 1 aliphatic rings. The molecule has 0 bridgehead atoms. The van der Waals surface area contributed by atoms with Crippen molar-refractivity contribution in [2.24, 2.45) is 4.99 Å². The maximum atomic E-state index is 12.2. The Morgan fingerprint density at radius 2 is 1.94 bits per heavy atom. The fourth-order valence-corrected chi connectivity index (χ4v) is 3.64. The highest BCUT2D eigenvalue weighted by molar-refractivity contribution is 14.0. The number of nitrogens with one attached hydrogen (secondary N) is 1. The van der Waals surface area contributed by atoms with Gasteiger partial charge >= 0.3 is 0 Å². The number of carbonyl (C=O) groups is 1. The Kier molecular flexibility index (Phi) is 10.9. The van der Waals surface area contributed by atoms with Gasteiger partial charge in [0.25, 0.3) is 0 Å². The minimum Gasteiger partial charge on any atom is -0.497 e. The van der Waals surface area contributed by atoms with E-state index in [0.29, 0.717) is 19.7 Å². The Balaban J connectivity index is 0.00000385. The van der Waals surface area contributed by atoms with E-state index in [1.54, 1.807) is 26.1 Å². The molecule has 1 N–H and O–H groups in total. The van der Waals surface area contributed by atoms with Crippen molar-refractivity contribution >= 4 is 35.8 Å². The van der Waals surface area contributed by atoms with E-state index >= 15 is 0 Å². The molecule has 2 aromatic rings. The van der Waals surface area contributed by atoms with Crippen LogP contribution in [0.4, 0.5) is 0 Å². The summed E-state index contributed by atoms with van der Waals surface area (Å²) in [5.41, 5.74) is 3.62. The van der Waals surface area contributed by atoms with Crippen LogP contribution in [0.5, 0.6) is 5.75 Å². The Morgan fingerprint density at radius 3 is 2.61 bits per heavy atom. The number of rotatable bonds is 7. The molecule has 1 amide bonds. The Labute approximate surface area is 214 Å². The number of amides is 1. The molecule has 3 rings (SSSR count). The molecule has 1 fully saturated rings. The average Bonchev–Trinajstić information content (AvgIpc) is 2.81. The van der Waals surface area contributed by atoms with E-state index < -0.39 is 0 Å². The van der Waals surface area contributed by atoms with Crippen molar-refractivity contribution in [1.29, 1.82) is 0 Å². The third kappa shape index (κ3) is 7.89. The van der Waals surface area contributed by atoms with Crippen LogP contribution in [0, 0.1) is 6.92 Å². The zero-order valence-corrected chi connectivity index (χ0v) is 22.2. The maximum Gasteiger partial charge on any atom is 0.243 e. The normalized spacial score (nSPS) is 16.1. The second-order valence-corrected chi connectivity index (χ2v) is 8.11. The lowest BCUT2D eigenvalue weighted by Gasteiger charge is -2.36. The quantitative estimate of drug-likeness (QED) is 0.317. The van der Waals surface area contributed by atoms with Crippen molar-refractivity contribution in [3.8, 4) is 5.75 Å². The lowest BCUT2D eigenvalue weighted by Crippen LogP contribution is -2.49. The van der Waals surface area contributed by atoms with Crippen molar-refractivity contribution in [2.45, 2.75) is 19.4 Å². The van der Waals surface area contributed by atoms with Gasteiger partial charge in [-0.3, -0.25) is 4.79 Å². The number of guanidine groups is 1. The molecule has 1 unspecified atom stereocenters. The van der Waals surface area contributed by atoms with Crippen LogP contribution in [-0.2, 0) is 16.0 Å². The highest BCUT2D eigenvalue weighted by atomic mass is 127. The molecule has 0 spiro atoms. The number of halogens is 1. The fraction of sp³-hybridized carbons (Fsp3) is 0.440. The number of nitrogens with zero attached hydrogens (tertiary/aromatic N) is 3. The number of likely N-dealkylation sites (N-methyl/N-ethyl adjacent to an activating group) is 1. The highest BCUT2D eigenvalue weighted by Gasteiger charge is 2.25. The standard InChI is InChI=1S/C25H34N4O3.HI/c1-19-7-5-6-8-22(19)23-18-29(15-16-32-23)25(27-17-24(30)28(2)3)26-14-13-20-9-11-21(31-4)12-10-20;/h5-12,23H,13-18H2,1-4H3,(H,26,27);1H. The van der Waals surface area contributed by atoms with Gasteiger partial charge in [-0.05, 0) is 42.2 Å². The number of ether oxygens (including phenoxy) is 2. The summed E-state index contributed by atoms with van der Waals surface area (Å²) in [7, 11) is 5.16. The fourth-order valence-electron chi connectivity index (χ4n) is 3.64. The molecule has 8 heteroatoms. The van der Waals surface area contributed by atoms with Crippen LogP contribution in [-0.4, -0.2) is 75.7 Å². The zero-order chi connectivity index (χ0) is 22.9. The van der Waals surface area contributed by atoms with Gasteiger partial charge in [-0.2, -0.15) is 0 Å². The number of aryl methyl sites for hydroxylation is 1. The summed E-state index contributed by atoms with van der Waals surface area (Å²) < 4.78 is 11.3. The molecule has 0 aliphatic carbocycles. The molecule has 2 aromatic carbocycles. The van der Waals surface area contributed by atoms with Crippen LogP contribution in [0.2, 0.25) is 0 Å². The maximum absolute atomic E-state index is 12.2. The number of morpholine rings is 1. The number of methoxy groups -OCH3 is 1. The van der Waals surface area contributed by atoms with E-state index in [1.165, 1.54) is 16.7 Å². The largest absolute Gasteiger partial charge is 0.497 e. The summed E-state index contributed by atoms with van der Waals surface area (Å²) in [6, 6.07) is 16.4. The number of aliphatic imine (C=N–C) groups is 1. The molecular formula is C25H35IN4O3. The molecule has 1 atom stereocenters. The average molecular weight is 566 g/mol. The summed E-state index contributed by atoms with van der Waals surface area (Å²) >= 11 is 0. The lowest BCUT2D eigenvalue weighted by molar-refractivity contribution is -0.127. The van der Waals surface area contributed by atoms with Crippen molar-refractivity contribution in [3.63, 3.8) is 0 Å². The van der Waals surface area contributed by atoms with Crippen molar-refractivity contribution in [1.82, 2.24) is 15.1 Å². The van der Waals surface area contributed by atoms with Crippen molar-refractivity contribution < 1.29 is 14.3 Å². The van der Waals surface area contributed by atoms with Crippen LogP contribution in [0.1, 0.15) is 22.8 Å². The molecule has 1 heterocycles. The molecular weight excluding hydrogens is 531 g/mol. The van der Waals surface area contributed by atoms with E-state index in [0.717, 1.165) is 24.7 Å². The summed E-state index contributed by atoms with van der Waals surface area (Å²) in [5.74, 6) is 1.57. The predicted molar refractivity (Wildman–Crippen MR) is 143 cm³/mol. The van der Waals surface area contributed by atoms with Gasteiger partial charge in [-0.15, -0.1) is 24.0 Å². The molecule has 0 saturated carbocycles. The first-order chi connectivity index (χ1) is 15.5. The second kappa shape index (κ2) is 13.4. The van der Waals surface area contributed by atoms with Gasteiger partial charge in [0, 0.05) is 27.2 Å². The molecule has 0 radical (unpaired) electrons. The van der Waals surface area contributed by atoms with Crippen molar-refractivity contribution in [2.75, 3.05) is 54.0 Å². The minimum atomic E-state index is -0.0249. The summed E-state index contributed by atoms with van der Waals surface area (Å²) in [5, 5.41) is 3.47. The Hall–Kier alpha value is -2.33. The Bertz CT molecular complexity index is 918. The predicted octanol–water partition coefficient (Wildman–Crippen LogP) is 3.27. The lowest BCUT2D eigenvalue weighted by atomic mass is 10.0. The van der Waals surface area contributed by atoms with Crippen LogP contribution in [0.3, 0.4) is 0 Å². The van der Waals surface area contributed by atoms with E-state index in [4.69, 9.17) is 9.47 Å². The number of carbonyl (C=O) groups excluding carboxylic acids is 1. The second-order valence-electron chi connectivity index (χ2n) is 8.11. The molecule has 1 aliphatic heterocycles. The molecule has 0 aromatic heterocycles. The monoisotopic (exact) mass is 566 g/mol. The van der Waals surface area contributed by atoms with Crippen LogP contribution in [0.15, 0.2) is 53.5 Å². The van der Waals surface area contributed by atoms with Gasteiger partial charge in [-0.1, -0.05) is 36.4 Å². The highest BCUT2D eigenvalue weighted by Crippen LogP contribution is 2.25. The van der Waals surface area contributed by atoms with E-state index in [9.17, 15) is 4.79 Å². The van der Waals surface area contributed by atoms with Gasteiger partial charge in [0.2, 0.25) is 5.91 Å².